The Balaban J connectivity index is 2.39. The van der Waals surface area contributed by atoms with Crippen molar-refractivity contribution in [3.05, 3.63) is 39.1 Å². The van der Waals surface area contributed by atoms with Crippen molar-refractivity contribution in [3.63, 3.8) is 0 Å². The fourth-order valence-corrected chi connectivity index (χ4v) is 2.14. The Bertz CT molecular complexity index is 643. The minimum atomic E-state index is 0.218. The van der Waals surface area contributed by atoms with E-state index in [1.807, 2.05) is 39.0 Å². The van der Waals surface area contributed by atoms with Gasteiger partial charge < -0.3 is 11.1 Å². The fourth-order valence-electron chi connectivity index (χ4n) is 1.64. The number of nitrogens with zero attached hydrogens (tertiary/aromatic N) is 2. The van der Waals surface area contributed by atoms with E-state index < -0.39 is 0 Å². The van der Waals surface area contributed by atoms with Gasteiger partial charge in [-0.15, -0.1) is 0 Å². The molecule has 1 aromatic carbocycles. The molecular weight excluding hydrogens is 340 g/mol. The predicted molar refractivity (Wildman–Crippen MR) is 87.7 cm³/mol. The lowest BCUT2D eigenvalue weighted by molar-refractivity contribution is 0.776. The highest BCUT2D eigenvalue weighted by Gasteiger charge is 2.11. The number of nitrogens with two attached hydrogens (primary N) is 1. The first-order valence-corrected chi connectivity index (χ1v) is 7.41. The summed E-state index contributed by atoms with van der Waals surface area (Å²) in [5.41, 5.74) is 7.67. The van der Waals surface area contributed by atoms with Gasteiger partial charge in [0.05, 0.1) is 5.02 Å². The van der Waals surface area contributed by atoms with Crippen molar-refractivity contribution < 1.29 is 0 Å². The van der Waals surface area contributed by atoms with Crippen LogP contribution in [0.2, 0.25) is 5.02 Å². The maximum Gasteiger partial charge on any atom is 0.139 e. The summed E-state index contributed by atoms with van der Waals surface area (Å²) >= 11 is 9.39. The van der Waals surface area contributed by atoms with Crippen LogP contribution in [0, 0.1) is 6.92 Å². The lowest BCUT2D eigenvalue weighted by Gasteiger charge is -2.14. The Morgan fingerprint density at radius 1 is 1.30 bits per heavy atom. The summed E-state index contributed by atoms with van der Waals surface area (Å²) in [6.45, 7) is 5.96. The smallest absolute Gasteiger partial charge is 0.139 e. The third kappa shape index (κ3) is 3.22. The maximum absolute atomic E-state index is 5.99. The van der Waals surface area contributed by atoms with Gasteiger partial charge in [-0.2, -0.15) is 0 Å². The third-order valence-corrected chi connectivity index (χ3v) is 4.11. The first-order valence-electron chi connectivity index (χ1n) is 6.24. The van der Waals surface area contributed by atoms with Gasteiger partial charge in [-0.25, -0.2) is 9.97 Å². The second-order valence-corrected chi connectivity index (χ2v) is 6.11. The van der Waals surface area contributed by atoms with Crippen molar-refractivity contribution >= 4 is 44.9 Å². The van der Waals surface area contributed by atoms with E-state index in [0.29, 0.717) is 10.8 Å². The van der Waals surface area contributed by atoms with Gasteiger partial charge in [-0.05, 0) is 41.1 Å². The Kier molecular flexibility index (Phi) is 4.50. The van der Waals surface area contributed by atoms with E-state index in [1.54, 1.807) is 0 Å². The number of nitrogens with one attached hydrogen (secondary N) is 1. The molecule has 0 amide bonds. The van der Waals surface area contributed by atoms with Crippen LogP contribution in [-0.4, -0.2) is 9.97 Å². The zero-order chi connectivity index (χ0) is 14.9. The molecule has 0 saturated carbocycles. The zero-order valence-electron chi connectivity index (χ0n) is 11.5. The van der Waals surface area contributed by atoms with Crippen molar-refractivity contribution in [2.45, 2.75) is 26.7 Å². The van der Waals surface area contributed by atoms with Gasteiger partial charge in [0.2, 0.25) is 0 Å². The number of aromatic nitrogens is 2. The van der Waals surface area contributed by atoms with E-state index in [4.69, 9.17) is 17.3 Å². The first kappa shape index (κ1) is 15.1. The molecule has 0 aliphatic rings. The van der Waals surface area contributed by atoms with E-state index in [2.05, 4.69) is 31.2 Å². The normalized spacial score (nSPS) is 10.9. The molecule has 20 heavy (non-hydrogen) atoms. The van der Waals surface area contributed by atoms with Crippen molar-refractivity contribution in [1.29, 1.82) is 0 Å². The molecule has 0 unspecified atom stereocenters. The molecule has 0 fully saturated rings. The molecular formula is C14H16BrClN4. The highest BCUT2D eigenvalue weighted by molar-refractivity contribution is 9.10. The second kappa shape index (κ2) is 5.97. The van der Waals surface area contributed by atoms with E-state index in [0.717, 1.165) is 27.4 Å². The van der Waals surface area contributed by atoms with Crippen molar-refractivity contribution in [1.82, 2.24) is 9.97 Å². The zero-order valence-corrected chi connectivity index (χ0v) is 13.9. The highest BCUT2D eigenvalue weighted by atomic mass is 79.9. The molecule has 1 aromatic heterocycles. The summed E-state index contributed by atoms with van der Waals surface area (Å²) in [7, 11) is 0. The Labute approximate surface area is 131 Å². The lowest BCUT2D eigenvalue weighted by Crippen LogP contribution is -2.08. The SMILES string of the molecule is Cc1c(N)nc(C(C)C)nc1Nc1ccc(Cl)c(Br)c1. The molecule has 106 valence electrons. The molecule has 6 heteroatoms. The summed E-state index contributed by atoms with van der Waals surface area (Å²) in [4.78, 5) is 8.83. The molecule has 3 N–H and O–H groups in total. The number of nitrogen functional groups attached to an aromatic ring is 1. The number of anilines is 3. The Morgan fingerprint density at radius 2 is 2.00 bits per heavy atom. The molecule has 1 heterocycles. The average molecular weight is 356 g/mol. The van der Waals surface area contributed by atoms with Crippen LogP contribution in [0.15, 0.2) is 22.7 Å². The van der Waals surface area contributed by atoms with Crippen LogP contribution in [0.4, 0.5) is 17.3 Å². The Morgan fingerprint density at radius 3 is 2.60 bits per heavy atom. The topological polar surface area (TPSA) is 63.8 Å². The van der Waals surface area contributed by atoms with Crippen LogP contribution in [-0.2, 0) is 0 Å². The van der Waals surface area contributed by atoms with Crippen LogP contribution in [0.5, 0.6) is 0 Å². The molecule has 0 atom stereocenters. The number of halogens is 2. The van der Waals surface area contributed by atoms with Gasteiger partial charge in [0.1, 0.15) is 17.5 Å². The van der Waals surface area contributed by atoms with E-state index >= 15 is 0 Å². The molecule has 0 aliphatic heterocycles. The van der Waals surface area contributed by atoms with Crippen LogP contribution in [0.3, 0.4) is 0 Å². The monoisotopic (exact) mass is 354 g/mol. The van der Waals surface area contributed by atoms with Crippen molar-refractivity contribution in [2.75, 3.05) is 11.1 Å². The molecule has 0 radical (unpaired) electrons. The van der Waals surface area contributed by atoms with Gasteiger partial charge in [0, 0.05) is 21.6 Å². The lowest BCUT2D eigenvalue weighted by atomic mass is 10.2. The standard InChI is InChI=1S/C14H16BrClN4/c1-7(2)13-19-12(17)8(3)14(20-13)18-9-4-5-11(16)10(15)6-9/h4-7H,1-3H3,(H3,17,18,19,20). The molecule has 4 nitrogen and oxygen atoms in total. The first-order chi connectivity index (χ1) is 9.38. The molecule has 0 saturated heterocycles. The highest BCUT2D eigenvalue weighted by Crippen LogP contribution is 2.29. The molecule has 2 rings (SSSR count). The summed E-state index contributed by atoms with van der Waals surface area (Å²) in [5.74, 6) is 2.16. The van der Waals surface area contributed by atoms with E-state index in [9.17, 15) is 0 Å². The largest absolute Gasteiger partial charge is 0.383 e. The summed E-state index contributed by atoms with van der Waals surface area (Å²) < 4.78 is 0.827. The van der Waals surface area contributed by atoms with Gasteiger partial charge in [0.15, 0.2) is 0 Å². The molecule has 2 aromatic rings. The van der Waals surface area contributed by atoms with Crippen LogP contribution in [0.25, 0.3) is 0 Å². The summed E-state index contributed by atoms with van der Waals surface area (Å²) in [5, 5.41) is 3.92. The number of hydrogen-bond donors (Lipinski definition) is 2. The fraction of sp³-hybridized carbons (Fsp3) is 0.286. The summed E-state index contributed by atoms with van der Waals surface area (Å²) in [6.07, 6.45) is 0. The Hall–Kier alpha value is -1.33. The van der Waals surface area contributed by atoms with Crippen LogP contribution < -0.4 is 11.1 Å². The van der Waals surface area contributed by atoms with Crippen molar-refractivity contribution in [2.24, 2.45) is 0 Å². The van der Waals surface area contributed by atoms with Gasteiger partial charge in [-0.1, -0.05) is 25.4 Å². The van der Waals surface area contributed by atoms with Gasteiger partial charge in [0.25, 0.3) is 0 Å². The molecule has 0 spiro atoms. The average Bonchev–Trinajstić information content (AvgIpc) is 2.38. The van der Waals surface area contributed by atoms with Gasteiger partial charge >= 0.3 is 0 Å². The van der Waals surface area contributed by atoms with E-state index in [1.165, 1.54) is 0 Å². The third-order valence-electron chi connectivity index (χ3n) is 2.90. The van der Waals surface area contributed by atoms with Crippen LogP contribution in [0.1, 0.15) is 31.2 Å². The van der Waals surface area contributed by atoms with Crippen LogP contribution >= 0.6 is 27.5 Å². The summed E-state index contributed by atoms with van der Waals surface area (Å²) in [6, 6.07) is 5.60. The second-order valence-electron chi connectivity index (χ2n) is 4.85. The number of rotatable bonds is 3. The predicted octanol–water partition coefficient (Wildman–Crippen LogP) is 4.65. The quantitative estimate of drug-likeness (QED) is 0.841. The van der Waals surface area contributed by atoms with Crippen molar-refractivity contribution in [3.8, 4) is 0 Å². The minimum Gasteiger partial charge on any atom is -0.383 e. The number of benzene rings is 1. The maximum atomic E-state index is 5.99. The molecule has 0 aliphatic carbocycles. The minimum absolute atomic E-state index is 0.218. The van der Waals surface area contributed by atoms with Gasteiger partial charge in [-0.3, -0.25) is 0 Å². The number of hydrogen-bond acceptors (Lipinski definition) is 4. The molecule has 0 bridgehead atoms. The van der Waals surface area contributed by atoms with E-state index in [-0.39, 0.29) is 5.92 Å².